The number of carbonyl (C=O) groups excluding carboxylic acids is 1. The Morgan fingerprint density at radius 1 is 1.32 bits per heavy atom. The summed E-state index contributed by atoms with van der Waals surface area (Å²) in [6.07, 6.45) is -2.24. The molecular formula is C17H17ClF3N3O. The first-order chi connectivity index (χ1) is 11.8. The lowest BCUT2D eigenvalue weighted by Gasteiger charge is -2.33. The average molecular weight is 372 g/mol. The molecular weight excluding hydrogens is 355 g/mol. The number of benzene rings is 1. The molecule has 8 heteroatoms. The predicted octanol–water partition coefficient (Wildman–Crippen LogP) is 4.25. The molecule has 25 heavy (non-hydrogen) atoms. The molecule has 1 amide bonds. The molecule has 0 saturated carbocycles. The van der Waals surface area contributed by atoms with Crippen LogP contribution in [0.2, 0.25) is 5.02 Å². The van der Waals surface area contributed by atoms with Gasteiger partial charge < -0.3 is 4.90 Å². The molecule has 1 atom stereocenters. The Balaban J connectivity index is 1.85. The molecule has 1 unspecified atom stereocenters. The second kappa shape index (κ2) is 6.71. The molecule has 1 aromatic carbocycles. The summed E-state index contributed by atoms with van der Waals surface area (Å²) in [5, 5.41) is 4.73. The number of hydrogen-bond donors (Lipinski definition) is 0. The number of halogens is 4. The van der Waals surface area contributed by atoms with Crippen LogP contribution in [0.3, 0.4) is 0 Å². The zero-order valence-electron chi connectivity index (χ0n) is 13.6. The van der Waals surface area contributed by atoms with E-state index in [9.17, 15) is 18.0 Å². The summed E-state index contributed by atoms with van der Waals surface area (Å²) in [7, 11) is 0. The van der Waals surface area contributed by atoms with Crippen LogP contribution in [0.15, 0.2) is 30.5 Å². The van der Waals surface area contributed by atoms with Crippen LogP contribution in [0.1, 0.15) is 28.9 Å². The van der Waals surface area contributed by atoms with E-state index >= 15 is 0 Å². The van der Waals surface area contributed by atoms with Crippen molar-refractivity contribution in [3.05, 3.63) is 46.7 Å². The van der Waals surface area contributed by atoms with E-state index in [1.807, 2.05) is 0 Å². The molecule has 0 aliphatic carbocycles. The van der Waals surface area contributed by atoms with Crippen molar-refractivity contribution in [1.29, 1.82) is 0 Å². The summed E-state index contributed by atoms with van der Waals surface area (Å²) < 4.78 is 40.4. The van der Waals surface area contributed by atoms with Crippen molar-refractivity contribution in [2.24, 2.45) is 5.92 Å². The van der Waals surface area contributed by atoms with Gasteiger partial charge in [0.15, 0.2) is 5.69 Å². The number of nitrogens with zero attached hydrogens (tertiary/aromatic N) is 3. The van der Waals surface area contributed by atoms with Gasteiger partial charge in [-0.05, 0) is 31.9 Å². The molecule has 0 bridgehead atoms. The van der Waals surface area contributed by atoms with E-state index < -0.39 is 18.0 Å². The molecule has 0 N–H and O–H groups in total. The van der Waals surface area contributed by atoms with E-state index in [0.717, 1.165) is 0 Å². The number of hydrogen-bond acceptors (Lipinski definition) is 2. The number of amides is 1. The zero-order valence-corrected chi connectivity index (χ0v) is 14.3. The molecule has 1 aliphatic rings. The van der Waals surface area contributed by atoms with E-state index in [0.29, 0.717) is 29.2 Å². The molecule has 2 heterocycles. The Morgan fingerprint density at radius 2 is 2.04 bits per heavy atom. The largest absolute Gasteiger partial charge is 0.393 e. The van der Waals surface area contributed by atoms with E-state index in [2.05, 4.69) is 5.10 Å². The number of aromatic nitrogens is 2. The number of rotatable bonds is 2. The summed E-state index contributed by atoms with van der Waals surface area (Å²) in [5.74, 6) is -1.95. The quantitative estimate of drug-likeness (QED) is 0.791. The topological polar surface area (TPSA) is 38.1 Å². The summed E-state index contributed by atoms with van der Waals surface area (Å²) in [6, 6.07) is 7.02. The van der Waals surface area contributed by atoms with Crippen LogP contribution >= 0.6 is 11.6 Å². The van der Waals surface area contributed by atoms with Crippen molar-refractivity contribution in [2.45, 2.75) is 25.9 Å². The molecule has 3 rings (SSSR count). The number of aryl methyl sites for hydroxylation is 1. The third-order valence-electron chi connectivity index (χ3n) is 4.37. The van der Waals surface area contributed by atoms with E-state index in [1.165, 1.54) is 9.58 Å². The van der Waals surface area contributed by atoms with Crippen molar-refractivity contribution < 1.29 is 18.0 Å². The fraction of sp³-hybridized carbons (Fsp3) is 0.412. The lowest BCUT2D eigenvalue weighted by Crippen LogP contribution is -2.44. The molecule has 1 aliphatic heterocycles. The number of likely N-dealkylation sites (tertiary alicyclic amines) is 1. The Bertz CT molecular complexity index is 788. The van der Waals surface area contributed by atoms with Gasteiger partial charge in [-0.2, -0.15) is 18.3 Å². The minimum atomic E-state index is -4.29. The highest BCUT2D eigenvalue weighted by molar-refractivity contribution is 6.32. The van der Waals surface area contributed by atoms with Crippen LogP contribution < -0.4 is 0 Å². The second-order valence-corrected chi connectivity index (χ2v) is 6.60. The molecule has 1 aromatic heterocycles. The minimum Gasteiger partial charge on any atom is -0.337 e. The number of carbonyl (C=O) groups is 1. The first-order valence-electron chi connectivity index (χ1n) is 7.94. The third-order valence-corrected chi connectivity index (χ3v) is 4.69. The fourth-order valence-electron chi connectivity index (χ4n) is 3.01. The van der Waals surface area contributed by atoms with Crippen LogP contribution in [0.25, 0.3) is 5.69 Å². The Hall–Kier alpha value is -2.02. The maximum atomic E-state index is 13.0. The predicted molar refractivity (Wildman–Crippen MR) is 88.0 cm³/mol. The maximum Gasteiger partial charge on any atom is 0.393 e. The molecule has 1 fully saturated rings. The third kappa shape index (κ3) is 3.66. The van der Waals surface area contributed by atoms with Gasteiger partial charge in [-0.25, -0.2) is 4.68 Å². The molecule has 4 nitrogen and oxygen atoms in total. The van der Waals surface area contributed by atoms with Gasteiger partial charge in [0, 0.05) is 24.8 Å². The average Bonchev–Trinajstić information content (AvgIpc) is 2.95. The molecule has 2 aromatic rings. The highest BCUT2D eigenvalue weighted by Gasteiger charge is 2.43. The van der Waals surface area contributed by atoms with Crippen molar-refractivity contribution in [3.8, 4) is 5.69 Å². The van der Waals surface area contributed by atoms with Crippen LogP contribution in [-0.2, 0) is 0 Å². The van der Waals surface area contributed by atoms with Gasteiger partial charge in [0.05, 0.1) is 16.6 Å². The van der Waals surface area contributed by atoms with Gasteiger partial charge in [-0.1, -0.05) is 23.7 Å². The first kappa shape index (κ1) is 17.8. The van der Waals surface area contributed by atoms with E-state index in [1.54, 1.807) is 37.4 Å². The van der Waals surface area contributed by atoms with Crippen LogP contribution in [0.4, 0.5) is 13.2 Å². The maximum absolute atomic E-state index is 13.0. The number of para-hydroxylation sites is 1. The minimum absolute atomic E-state index is 0.0559. The standard InChI is InChI=1S/C17H17ClF3N3O/c1-11-9-24(14-7-3-2-6-13(14)18)22-15(11)16(25)23-8-4-5-12(10-23)17(19,20)21/h2-3,6-7,9,12H,4-5,8,10H2,1H3. The normalized spacial score (nSPS) is 18.4. The van der Waals surface area contributed by atoms with E-state index in [4.69, 9.17) is 11.6 Å². The molecule has 1 saturated heterocycles. The van der Waals surface area contributed by atoms with Crippen LogP contribution in [0.5, 0.6) is 0 Å². The molecule has 134 valence electrons. The highest BCUT2D eigenvalue weighted by atomic mass is 35.5. The first-order valence-corrected chi connectivity index (χ1v) is 8.32. The number of alkyl halides is 3. The van der Waals surface area contributed by atoms with Crippen molar-refractivity contribution in [2.75, 3.05) is 13.1 Å². The summed E-state index contributed by atoms with van der Waals surface area (Å²) >= 11 is 6.14. The molecule has 0 radical (unpaired) electrons. The van der Waals surface area contributed by atoms with Crippen molar-refractivity contribution in [3.63, 3.8) is 0 Å². The monoisotopic (exact) mass is 371 g/mol. The summed E-state index contributed by atoms with van der Waals surface area (Å²) in [4.78, 5) is 13.9. The summed E-state index contributed by atoms with van der Waals surface area (Å²) in [5.41, 5.74) is 1.36. The van der Waals surface area contributed by atoms with Gasteiger partial charge >= 0.3 is 6.18 Å². The zero-order chi connectivity index (χ0) is 18.2. The van der Waals surface area contributed by atoms with Crippen LogP contribution in [0, 0.1) is 12.8 Å². The van der Waals surface area contributed by atoms with Gasteiger partial charge in [-0.15, -0.1) is 0 Å². The Labute approximate surface area is 148 Å². The lowest BCUT2D eigenvalue weighted by molar-refractivity contribution is -0.184. The number of piperidine rings is 1. The lowest BCUT2D eigenvalue weighted by atomic mass is 9.97. The van der Waals surface area contributed by atoms with E-state index in [-0.39, 0.29) is 18.7 Å². The Morgan fingerprint density at radius 3 is 2.72 bits per heavy atom. The van der Waals surface area contributed by atoms with Gasteiger partial charge in [0.2, 0.25) is 0 Å². The smallest absolute Gasteiger partial charge is 0.337 e. The fourth-order valence-corrected chi connectivity index (χ4v) is 3.23. The molecule has 0 spiro atoms. The van der Waals surface area contributed by atoms with Gasteiger partial charge in [-0.3, -0.25) is 4.79 Å². The SMILES string of the molecule is Cc1cn(-c2ccccc2Cl)nc1C(=O)N1CCCC(C(F)(F)F)C1. The van der Waals surface area contributed by atoms with Crippen molar-refractivity contribution in [1.82, 2.24) is 14.7 Å². The van der Waals surface area contributed by atoms with Gasteiger partial charge in [0.1, 0.15) is 0 Å². The van der Waals surface area contributed by atoms with Crippen molar-refractivity contribution >= 4 is 17.5 Å². The van der Waals surface area contributed by atoms with Crippen LogP contribution in [-0.4, -0.2) is 39.9 Å². The second-order valence-electron chi connectivity index (χ2n) is 6.19. The Kier molecular flexibility index (Phi) is 4.77. The summed E-state index contributed by atoms with van der Waals surface area (Å²) in [6.45, 7) is 1.70. The van der Waals surface area contributed by atoms with Gasteiger partial charge in [0.25, 0.3) is 5.91 Å². The highest BCUT2D eigenvalue weighted by Crippen LogP contribution is 2.33.